The topological polar surface area (TPSA) is 3.24 Å². The molecule has 0 bridgehead atoms. The maximum Gasteiger partial charge on any atom is 0.0234 e. The summed E-state index contributed by atoms with van der Waals surface area (Å²) in [6.07, 6.45) is 12.7. The second kappa shape index (κ2) is 14.6. The van der Waals surface area contributed by atoms with Gasteiger partial charge in [0.15, 0.2) is 0 Å². The fraction of sp³-hybridized carbons (Fsp3) is 0.630. The molecule has 0 amide bonds. The quantitative estimate of drug-likeness (QED) is 0.278. The highest BCUT2D eigenvalue weighted by atomic mass is 15.1. The Hall–Kier alpha value is -1.34. The molecule has 0 N–H and O–H groups in total. The largest absolute Gasteiger partial charge is 0.298 e. The van der Waals surface area contributed by atoms with Crippen molar-refractivity contribution in [3.8, 4) is 0 Å². The first kappa shape index (κ1) is 24.7. The lowest BCUT2D eigenvalue weighted by Gasteiger charge is -2.16. The van der Waals surface area contributed by atoms with Crippen molar-refractivity contribution in [1.82, 2.24) is 4.90 Å². The molecule has 0 spiro atoms. The molecule has 0 aliphatic carbocycles. The Balaban J connectivity index is 0.00000122. The summed E-state index contributed by atoms with van der Waals surface area (Å²) in [6.45, 7) is 19.7. The van der Waals surface area contributed by atoms with Crippen LogP contribution in [-0.4, -0.2) is 18.0 Å². The molecule has 28 heavy (non-hydrogen) atoms. The molecule has 1 aliphatic heterocycles. The van der Waals surface area contributed by atoms with Crippen molar-refractivity contribution in [2.24, 2.45) is 11.8 Å². The summed E-state index contributed by atoms with van der Waals surface area (Å²) in [5.74, 6) is 1.42. The minimum absolute atomic E-state index is 0.677. The molecule has 1 fully saturated rings. The minimum atomic E-state index is 0.677. The Morgan fingerprint density at radius 2 is 1.54 bits per heavy atom. The molecule has 1 heteroatoms. The number of benzene rings is 1. The van der Waals surface area contributed by atoms with Crippen LogP contribution in [0.3, 0.4) is 0 Å². The smallest absolute Gasteiger partial charge is 0.0234 e. The molecule has 2 atom stereocenters. The third-order valence-electron chi connectivity index (χ3n) is 5.82. The highest BCUT2D eigenvalue weighted by molar-refractivity contribution is 5.23. The van der Waals surface area contributed by atoms with Crippen LogP contribution in [-0.2, 0) is 13.0 Å². The van der Waals surface area contributed by atoms with Crippen LogP contribution >= 0.6 is 0 Å². The van der Waals surface area contributed by atoms with Crippen LogP contribution in [0.1, 0.15) is 83.8 Å². The Morgan fingerprint density at radius 3 is 2.07 bits per heavy atom. The normalized spacial score (nSPS) is 19.1. The van der Waals surface area contributed by atoms with Crippen molar-refractivity contribution in [3.05, 3.63) is 60.2 Å². The number of hydrogen-bond acceptors (Lipinski definition) is 1. The number of rotatable bonds is 11. The van der Waals surface area contributed by atoms with Gasteiger partial charge in [-0.05, 0) is 49.7 Å². The third-order valence-corrected chi connectivity index (χ3v) is 5.82. The van der Waals surface area contributed by atoms with E-state index in [0.717, 1.165) is 12.5 Å². The van der Waals surface area contributed by atoms with Gasteiger partial charge in [0.25, 0.3) is 0 Å². The fourth-order valence-corrected chi connectivity index (χ4v) is 4.19. The highest BCUT2D eigenvalue weighted by Crippen LogP contribution is 2.29. The first-order chi connectivity index (χ1) is 13.5. The van der Waals surface area contributed by atoms with Crippen LogP contribution in [0.2, 0.25) is 0 Å². The van der Waals surface area contributed by atoms with Crippen molar-refractivity contribution in [2.75, 3.05) is 13.1 Å². The Kier molecular flexibility index (Phi) is 12.9. The van der Waals surface area contributed by atoms with Gasteiger partial charge in [0.05, 0.1) is 0 Å². The van der Waals surface area contributed by atoms with Gasteiger partial charge in [0, 0.05) is 19.6 Å². The van der Waals surface area contributed by atoms with E-state index in [0.29, 0.717) is 5.92 Å². The van der Waals surface area contributed by atoms with E-state index in [-0.39, 0.29) is 0 Å². The maximum atomic E-state index is 4.17. The molecule has 2 rings (SSSR count). The molecule has 1 nitrogen and oxygen atoms in total. The monoisotopic (exact) mass is 383 g/mol. The number of unbranched alkanes of at least 4 members (excludes halogenated alkanes) is 6. The maximum absolute atomic E-state index is 4.17. The van der Waals surface area contributed by atoms with Crippen LogP contribution in [0.15, 0.2) is 49.1 Å². The molecule has 1 saturated heterocycles. The first-order valence-electron chi connectivity index (χ1n) is 11.5. The third kappa shape index (κ3) is 9.73. The minimum Gasteiger partial charge on any atom is -0.298 e. The van der Waals surface area contributed by atoms with Gasteiger partial charge < -0.3 is 0 Å². The van der Waals surface area contributed by atoms with Crippen LogP contribution in [0.4, 0.5) is 0 Å². The van der Waals surface area contributed by atoms with E-state index < -0.39 is 0 Å². The highest BCUT2D eigenvalue weighted by Gasteiger charge is 2.29. The first-order valence-corrected chi connectivity index (χ1v) is 11.5. The summed E-state index contributed by atoms with van der Waals surface area (Å²) in [6, 6.07) is 9.38. The molecule has 1 aromatic rings. The molecular weight excluding hydrogens is 338 g/mol. The number of nitrogens with zero attached hydrogens (tertiary/aromatic N) is 1. The van der Waals surface area contributed by atoms with E-state index in [1.807, 2.05) is 6.92 Å². The molecule has 0 radical (unpaired) electrons. The summed E-state index contributed by atoms with van der Waals surface area (Å²) in [4.78, 5) is 2.59. The number of hydrogen-bond donors (Lipinski definition) is 0. The average Bonchev–Trinajstić information content (AvgIpc) is 3.03. The van der Waals surface area contributed by atoms with Gasteiger partial charge in [-0.15, -0.1) is 6.58 Å². The van der Waals surface area contributed by atoms with Crippen LogP contribution < -0.4 is 0 Å². The lowest BCUT2D eigenvalue weighted by atomic mass is 9.92. The van der Waals surface area contributed by atoms with E-state index >= 15 is 0 Å². The van der Waals surface area contributed by atoms with Crippen molar-refractivity contribution < 1.29 is 0 Å². The fourth-order valence-electron chi connectivity index (χ4n) is 4.19. The van der Waals surface area contributed by atoms with Crippen LogP contribution in [0, 0.1) is 11.8 Å². The Morgan fingerprint density at radius 1 is 1.00 bits per heavy atom. The van der Waals surface area contributed by atoms with Gasteiger partial charge in [-0.3, -0.25) is 4.90 Å². The Bertz CT molecular complexity index is 542. The van der Waals surface area contributed by atoms with Gasteiger partial charge in [-0.25, -0.2) is 0 Å². The lowest BCUT2D eigenvalue weighted by molar-refractivity contribution is 0.317. The van der Waals surface area contributed by atoms with Crippen molar-refractivity contribution >= 4 is 0 Å². The standard InChI is InChI=1S/C24H39N.C3H6/c1-5-6-7-8-9-10-11-12-22-13-15-23(16-14-22)18-25-17-21(4)24(19-25)20(2)3;1-3-2/h13-16,21,24H,2,5-12,17-19H2,1,3-4H3;3H,1H2,2H3/t21-,24?;/m0./s1. The zero-order valence-corrected chi connectivity index (χ0v) is 19.2. The predicted octanol–water partition coefficient (Wildman–Crippen LogP) is 7.82. The summed E-state index contributed by atoms with van der Waals surface area (Å²) in [5.41, 5.74) is 4.31. The van der Waals surface area contributed by atoms with E-state index in [1.165, 1.54) is 81.2 Å². The molecule has 1 aromatic carbocycles. The number of allylic oxidation sites excluding steroid dienone is 1. The van der Waals surface area contributed by atoms with Crippen molar-refractivity contribution in [3.63, 3.8) is 0 Å². The zero-order valence-electron chi connectivity index (χ0n) is 19.2. The SMILES string of the molecule is C=C(C)C1CN(Cc2ccc(CCCCCCCCC)cc2)C[C@@H]1C.C=CC. The van der Waals surface area contributed by atoms with Gasteiger partial charge in [-0.1, -0.05) is 94.9 Å². The number of likely N-dealkylation sites (tertiary alicyclic amines) is 1. The van der Waals surface area contributed by atoms with Gasteiger partial charge >= 0.3 is 0 Å². The summed E-state index contributed by atoms with van der Waals surface area (Å²) in [7, 11) is 0. The number of aryl methyl sites for hydroxylation is 1. The van der Waals surface area contributed by atoms with E-state index in [1.54, 1.807) is 6.08 Å². The molecule has 0 aromatic heterocycles. The summed E-state index contributed by atoms with van der Waals surface area (Å²) < 4.78 is 0. The van der Waals surface area contributed by atoms with Crippen molar-refractivity contribution in [2.45, 2.75) is 85.6 Å². The Labute approximate surface area is 175 Å². The van der Waals surface area contributed by atoms with Gasteiger partial charge in [0.1, 0.15) is 0 Å². The van der Waals surface area contributed by atoms with Crippen LogP contribution in [0.5, 0.6) is 0 Å². The molecule has 1 aliphatic rings. The molecule has 1 unspecified atom stereocenters. The second-order valence-corrected chi connectivity index (χ2v) is 8.72. The lowest BCUT2D eigenvalue weighted by Crippen LogP contribution is -2.20. The van der Waals surface area contributed by atoms with Crippen LogP contribution in [0.25, 0.3) is 0 Å². The van der Waals surface area contributed by atoms with E-state index in [9.17, 15) is 0 Å². The molecule has 1 heterocycles. The molecular formula is C27H45N. The van der Waals surface area contributed by atoms with E-state index in [2.05, 4.69) is 63.1 Å². The average molecular weight is 384 g/mol. The summed E-state index contributed by atoms with van der Waals surface area (Å²) >= 11 is 0. The van der Waals surface area contributed by atoms with Crippen molar-refractivity contribution in [1.29, 1.82) is 0 Å². The molecule has 158 valence electrons. The second-order valence-electron chi connectivity index (χ2n) is 8.72. The molecule has 0 saturated carbocycles. The predicted molar refractivity (Wildman–Crippen MR) is 127 cm³/mol. The van der Waals surface area contributed by atoms with Gasteiger partial charge in [0.2, 0.25) is 0 Å². The van der Waals surface area contributed by atoms with Gasteiger partial charge in [-0.2, -0.15) is 0 Å². The summed E-state index contributed by atoms with van der Waals surface area (Å²) in [5, 5.41) is 0. The zero-order chi connectivity index (χ0) is 20.8. The van der Waals surface area contributed by atoms with E-state index in [4.69, 9.17) is 0 Å².